The van der Waals surface area contributed by atoms with E-state index < -0.39 is 6.04 Å². The Kier molecular flexibility index (Phi) is 6.95. The fourth-order valence-corrected chi connectivity index (χ4v) is 0.931. The molecule has 0 aliphatic heterocycles. The second-order valence-corrected chi connectivity index (χ2v) is 3.55. The Morgan fingerprint density at radius 1 is 1.38 bits per heavy atom. The number of nitrogens with zero attached hydrogens (tertiary/aromatic N) is 1. The highest BCUT2D eigenvalue weighted by Crippen LogP contribution is 1.87. The van der Waals surface area contributed by atoms with Crippen molar-refractivity contribution in [1.82, 2.24) is 15.5 Å². The molecule has 92 valence electrons. The normalized spacial score (nSPS) is 11.4. The number of nitrogens with one attached hydrogen (secondary N) is 2. The van der Waals surface area contributed by atoms with Gasteiger partial charge in [-0.15, -0.1) is 6.58 Å². The van der Waals surface area contributed by atoms with Crippen molar-refractivity contribution in [3.05, 3.63) is 12.7 Å². The lowest BCUT2D eigenvalue weighted by Crippen LogP contribution is -2.44. The number of carbonyl (C=O) groups is 2. The fraction of sp³-hybridized carbons (Fsp3) is 0.600. The number of nitrogens with two attached hydrogens (primary N) is 1. The predicted molar refractivity (Wildman–Crippen MR) is 62.9 cm³/mol. The minimum Gasteiger partial charge on any atom is -0.353 e. The van der Waals surface area contributed by atoms with Crippen LogP contribution in [0.3, 0.4) is 0 Å². The smallest absolute Gasteiger partial charge is 0.316 e. The van der Waals surface area contributed by atoms with E-state index in [9.17, 15) is 9.59 Å². The molecule has 0 aliphatic carbocycles. The molecule has 0 bridgehead atoms. The van der Waals surface area contributed by atoms with Gasteiger partial charge in [-0.3, -0.25) is 4.79 Å². The Hall–Kier alpha value is -1.56. The first-order chi connectivity index (χ1) is 7.49. The van der Waals surface area contributed by atoms with Gasteiger partial charge in [0.05, 0.1) is 6.04 Å². The molecule has 0 aromatic rings. The molecule has 0 saturated heterocycles. The van der Waals surface area contributed by atoms with E-state index in [4.69, 9.17) is 5.73 Å². The Morgan fingerprint density at radius 3 is 2.44 bits per heavy atom. The number of carbonyl (C=O) groups excluding carboxylic acids is 2. The standard InChI is InChI=1S/C10H20N4O2/c1-4-5-8(11)9(15)12-6-7-13-10(16)14(2)3/h4,8H,1,5-7,11H2,2-3H3,(H,12,15)(H,13,16). The highest BCUT2D eigenvalue weighted by molar-refractivity contribution is 5.81. The summed E-state index contributed by atoms with van der Waals surface area (Å²) in [5, 5.41) is 5.24. The van der Waals surface area contributed by atoms with Crippen LogP contribution in [0.25, 0.3) is 0 Å². The molecule has 0 rings (SSSR count). The molecule has 0 aromatic heterocycles. The number of hydrogen-bond donors (Lipinski definition) is 3. The molecule has 0 heterocycles. The molecule has 1 atom stereocenters. The van der Waals surface area contributed by atoms with Crippen molar-refractivity contribution < 1.29 is 9.59 Å². The molecule has 6 heteroatoms. The molecule has 3 amide bonds. The van der Waals surface area contributed by atoms with Crippen LogP contribution in [-0.2, 0) is 4.79 Å². The minimum atomic E-state index is -0.568. The second kappa shape index (κ2) is 7.70. The highest BCUT2D eigenvalue weighted by atomic mass is 16.2. The molecule has 0 aliphatic rings. The molecular weight excluding hydrogens is 208 g/mol. The van der Waals surface area contributed by atoms with Crippen LogP contribution in [0.5, 0.6) is 0 Å². The Morgan fingerprint density at radius 2 is 1.94 bits per heavy atom. The van der Waals surface area contributed by atoms with Gasteiger partial charge in [0.2, 0.25) is 5.91 Å². The maximum atomic E-state index is 11.3. The summed E-state index contributed by atoms with van der Waals surface area (Å²) < 4.78 is 0. The highest BCUT2D eigenvalue weighted by Gasteiger charge is 2.10. The molecule has 0 aromatic carbocycles. The van der Waals surface area contributed by atoms with Crippen LogP contribution in [0.2, 0.25) is 0 Å². The van der Waals surface area contributed by atoms with E-state index in [-0.39, 0.29) is 11.9 Å². The summed E-state index contributed by atoms with van der Waals surface area (Å²) >= 11 is 0. The maximum Gasteiger partial charge on any atom is 0.316 e. The Labute approximate surface area is 95.9 Å². The van der Waals surface area contributed by atoms with Crippen molar-refractivity contribution in [3.63, 3.8) is 0 Å². The van der Waals surface area contributed by atoms with Crippen LogP contribution in [-0.4, -0.2) is 50.1 Å². The first kappa shape index (κ1) is 14.4. The minimum absolute atomic E-state index is 0.190. The first-order valence-electron chi connectivity index (χ1n) is 5.08. The van der Waals surface area contributed by atoms with Gasteiger partial charge in [-0.25, -0.2) is 4.79 Å². The summed E-state index contributed by atoms with van der Waals surface area (Å²) in [6, 6.07) is -0.758. The third-order valence-corrected chi connectivity index (χ3v) is 1.86. The molecule has 0 saturated carbocycles. The molecule has 0 radical (unpaired) electrons. The maximum absolute atomic E-state index is 11.3. The lowest BCUT2D eigenvalue weighted by atomic mass is 10.2. The SMILES string of the molecule is C=CCC(N)C(=O)NCCNC(=O)N(C)C. The summed E-state index contributed by atoms with van der Waals surface area (Å²) in [7, 11) is 3.29. The monoisotopic (exact) mass is 228 g/mol. The number of rotatable bonds is 6. The van der Waals surface area contributed by atoms with Gasteiger partial charge in [-0.1, -0.05) is 6.08 Å². The van der Waals surface area contributed by atoms with Crippen LogP contribution in [0, 0.1) is 0 Å². The van der Waals surface area contributed by atoms with Crippen LogP contribution in [0.15, 0.2) is 12.7 Å². The average molecular weight is 228 g/mol. The van der Waals surface area contributed by atoms with Gasteiger partial charge in [-0.05, 0) is 6.42 Å². The zero-order valence-corrected chi connectivity index (χ0v) is 9.82. The van der Waals surface area contributed by atoms with Gasteiger partial charge >= 0.3 is 6.03 Å². The molecular formula is C10H20N4O2. The van der Waals surface area contributed by atoms with Crippen molar-refractivity contribution in [2.45, 2.75) is 12.5 Å². The van der Waals surface area contributed by atoms with Crippen molar-refractivity contribution in [1.29, 1.82) is 0 Å². The van der Waals surface area contributed by atoms with Gasteiger partial charge < -0.3 is 21.3 Å². The van der Waals surface area contributed by atoms with Gasteiger partial charge in [0.15, 0.2) is 0 Å². The van der Waals surface area contributed by atoms with Crippen molar-refractivity contribution in [2.24, 2.45) is 5.73 Å². The molecule has 1 unspecified atom stereocenters. The van der Waals surface area contributed by atoms with Crippen LogP contribution in [0.1, 0.15) is 6.42 Å². The van der Waals surface area contributed by atoms with Gasteiger partial charge in [0, 0.05) is 27.2 Å². The van der Waals surface area contributed by atoms with Gasteiger partial charge in [0.25, 0.3) is 0 Å². The molecule has 16 heavy (non-hydrogen) atoms. The summed E-state index contributed by atoms with van der Waals surface area (Å²) in [6.07, 6.45) is 2.04. The molecule has 0 spiro atoms. The summed E-state index contributed by atoms with van der Waals surface area (Å²) in [5.74, 6) is -0.237. The van der Waals surface area contributed by atoms with Crippen molar-refractivity contribution in [2.75, 3.05) is 27.2 Å². The zero-order valence-electron chi connectivity index (χ0n) is 9.82. The van der Waals surface area contributed by atoms with E-state index in [1.54, 1.807) is 20.2 Å². The number of hydrogen-bond acceptors (Lipinski definition) is 3. The largest absolute Gasteiger partial charge is 0.353 e. The average Bonchev–Trinajstić information content (AvgIpc) is 2.23. The topological polar surface area (TPSA) is 87.5 Å². The van der Waals surface area contributed by atoms with E-state index in [1.165, 1.54) is 4.90 Å². The first-order valence-corrected chi connectivity index (χ1v) is 5.08. The quantitative estimate of drug-likeness (QED) is 0.414. The lowest BCUT2D eigenvalue weighted by Gasteiger charge is -2.13. The fourth-order valence-electron chi connectivity index (χ4n) is 0.931. The number of amides is 3. The van der Waals surface area contributed by atoms with Crippen LogP contribution < -0.4 is 16.4 Å². The third-order valence-electron chi connectivity index (χ3n) is 1.86. The summed E-state index contributed by atoms with van der Waals surface area (Å²) in [6.45, 7) is 4.24. The van der Waals surface area contributed by atoms with Crippen molar-refractivity contribution >= 4 is 11.9 Å². The van der Waals surface area contributed by atoms with Gasteiger partial charge in [-0.2, -0.15) is 0 Å². The second-order valence-electron chi connectivity index (χ2n) is 3.55. The van der Waals surface area contributed by atoms with Gasteiger partial charge in [0.1, 0.15) is 0 Å². The summed E-state index contributed by atoms with van der Waals surface area (Å²) in [4.78, 5) is 23.8. The third kappa shape index (κ3) is 6.02. The van der Waals surface area contributed by atoms with Crippen LogP contribution in [0.4, 0.5) is 4.79 Å². The van der Waals surface area contributed by atoms with Crippen molar-refractivity contribution in [3.8, 4) is 0 Å². The summed E-state index contributed by atoms with van der Waals surface area (Å²) in [5.41, 5.74) is 5.54. The number of urea groups is 1. The zero-order chi connectivity index (χ0) is 12.6. The molecule has 0 fully saturated rings. The van der Waals surface area contributed by atoms with E-state index in [0.29, 0.717) is 19.5 Å². The lowest BCUT2D eigenvalue weighted by molar-refractivity contribution is -0.122. The van der Waals surface area contributed by atoms with E-state index >= 15 is 0 Å². The van der Waals surface area contributed by atoms with Crippen LogP contribution >= 0.6 is 0 Å². The Balaban J connectivity index is 3.62. The van der Waals surface area contributed by atoms with E-state index in [2.05, 4.69) is 17.2 Å². The van der Waals surface area contributed by atoms with E-state index in [1.807, 2.05) is 0 Å². The Bertz CT molecular complexity index is 253. The predicted octanol–water partition coefficient (Wildman–Crippen LogP) is -0.723. The molecule has 4 N–H and O–H groups in total. The van der Waals surface area contributed by atoms with E-state index in [0.717, 1.165) is 0 Å². The molecule has 6 nitrogen and oxygen atoms in total.